The van der Waals surface area contributed by atoms with Crippen LogP contribution in [0.3, 0.4) is 0 Å². The van der Waals surface area contributed by atoms with Crippen LogP contribution < -0.4 is 10.3 Å². The third kappa shape index (κ3) is 4.44. The summed E-state index contributed by atoms with van der Waals surface area (Å²) in [6.07, 6.45) is 0.990. The summed E-state index contributed by atoms with van der Waals surface area (Å²) in [5, 5.41) is 0.565. The standard InChI is InChI=1S/C21H23ClN2O4/c1-21(2)11-17-15(18(25)12-21)10-16(19(26)23-17)20(27)24(3)7-8-28-14-6-4-5-13(22)9-14/h4-6,9-10H,7-8,11-12H2,1-3H3,(H,23,26). The van der Waals surface area contributed by atoms with E-state index in [0.717, 1.165) is 0 Å². The predicted molar refractivity (Wildman–Crippen MR) is 107 cm³/mol. The minimum atomic E-state index is -0.475. The number of rotatable bonds is 5. The number of aromatic nitrogens is 1. The van der Waals surface area contributed by atoms with Crippen molar-refractivity contribution in [1.82, 2.24) is 9.88 Å². The summed E-state index contributed by atoms with van der Waals surface area (Å²) in [6, 6.07) is 8.41. The Labute approximate surface area is 168 Å². The minimum absolute atomic E-state index is 0.0305. The molecule has 1 N–H and O–H groups in total. The van der Waals surface area contributed by atoms with E-state index in [1.54, 1.807) is 31.3 Å². The number of amides is 1. The number of nitrogens with zero attached hydrogens (tertiary/aromatic N) is 1. The molecule has 6 nitrogen and oxygen atoms in total. The Morgan fingerprint density at radius 1 is 1.25 bits per heavy atom. The number of Topliss-reactive ketones (excluding diaryl/α,β-unsaturated/α-hetero) is 1. The van der Waals surface area contributed by atoms with Crippen molar-refractivity contribution in [1.29, 1.82) is 0 Å². The zero-order valence-corrected chi connectivity index (χ0v) is 16.9. The lowest BCUT2D eigenvalue weighted by Gasteiger charge is -2.30. The first-order valence-electron chi connectivity index (χ1n) is 9.09. The third-order valence-electron chi connectivity index (χ3n) is 4.79. The number of nitrogens with one attached hydrogen (secondary N) is 1. The van der Waals surface area contributed by atoms with Gasteiger partial charge < -0.3 is 14.6 Å². The molecule has 2 aromatic rings. The monoisotopic (exact) mass is 402 g/mol. The number of carbonyl (C=O) groups is 2. The third-order valence-corrected chi connectivity index (χ3v) is 5.02. The van der Waals surface area contributed by atoms with Crippen molar-refractivity contribution in [2.45, 2.75) is 26.7 Å². The van der Waals surface area contributed by atoms with Gasteiger partial charge in [0.05, 0.1) is 6.54 Å². The maximum absolute atomic E-state index is 12.7. The number of benzene rings is 1. The van der Waals surface area contributed by atoms with E-state index >= 15 is 0 Å². The molecule has 0 bridgehead atoms. The number of H-pyrrole nitrogens is 1. The van der Waals surface area contributed by atoms with E-state index in [1.165, 1.54) is 11.0 Å². The number of aromatic amines is 1. The Morgan fingerprint density at radius 2 is 2.00 bits per heavy atom. The van der Waals surface area contributed by atoms with E-state index in [9.17, 15) is 14.4 Å². The lowest BCUT2D eigenvalue weighted by Crippen LogP contribution is -2.37. The van der Waals surface area contributed by atoms with Crippen molar-refractivity contribution in [3.05, 3.63) is 62.5 Å². The quantitative estimate of drug-likeness (QED) is 0.831. The zero-order chi connectivity index (χ0) is 20.5. The lowest BCUT2D eigenvalue weighted by atomic mass is 9.75. The number of fused-ring (bicyclic) bond motifs is 1. The molecule has 148 valence electrons. The van der Waals surface area contributed by atoms with Crippen LogP contribution >= 0.6 is 11.6 Å². The first-order valence-corrected chi connectivity index (χ1v) is 9.47. The highest BCUT2D eigenvalue weighted by molar-refractivity contribution is 6.30. The van der Waals surface area contributed by atoms with Gasteiger partial charge in [0.2, 0.25) is 0 Å². The number of ether oxygens (including phenoxy) is 1. The molecule has 1 aliphatic carbocycles. The Balaban J connectivity index is 1.71. The average molecular weight is 403 g/mol. The van der Waals surface area contributed by atoms with E-state index in [4.69, 9.17) is 16.3 Å². The molecule has 1 aromatic heterocycles. The van der Waals surface area contributed by atoms with Gasteiger partial charge in [0.1, 0.15) is 17.9 Å². The van der Waals surface area contributed by atoms with Gasteiger partial charge in [-0.3, -0.25) is 14.4 Å². The molecule has 1 aromatic carbocycles. The number of pyridine rings is 1. The smallest absolute Gasteiger partial charge is 0.261 e. The first-order chi connectivity index (χ1) is 13.2. The molecule has 1 heterocycles. The van der Waals surface area contributed by atoms with E-state index < -0.39 is 11.5 Å². The SMILES string of the molecule is CN(CCOc1cccc(Cl)c1)C(=O)c1cc2c([nH]c1=O)CC(C)(C)CC2=O. The molecule has 0 spiro atoms. The highest BCUT2D eigenvalue weighted by Crippen LogP contribution is 2.33. The van der Waals surface area contributed by atoms with Gasteiger partial charge in [-0.2, -0.15) is 0 Å². The molecule has 7 heteroatoms. The van der Waals surface area contributed by atoms with E-state index in [0.29, 0.717) is 34.9 Å². The van der Waals surface area contributed by atoms with Gasteiger partial charge in [0.15, 0.2) is 5.78 Å². The van der Waals surface area contributed by atoms with Crippen molar-refractivity contribution >= 4 is 23.3 Å². The molecule has 0 saturated heterocycles. The average Bonchev–Trinajstić information content (AvgIpc) is 2.59. The van der Waals surface area contributed by atoms with Gasteiger partial charge in [-0.25, -0.2) is 0 Å². The second kappa shape index (κ2) is 7.80. The summed E-state index contributed by atoms with van der Waals surface area (Å²) in [4.78, 5) is 41.7. The molecule has 1 aliphatic rings. The maximum Gasteiger partial charge on any atom is 0.261 e. The molecule has 0 aliphatic heterocycles. The van der Waals surface area contributed by atoms with Crippen LogP contribution in [0.5, 0.6) is 5.75 Å². The largest absolute Gasteiger partial charge is 0.492 e. The summed E-state index contributed by atoms with van der Waals surface area (Å²) in [5.41, 5.74) is 0.335. The fourth-order valence-electron chi connectivity index (χ4n) is 3.35. The molecular weight excluding hydrogens is 380 g/mol. The number of ketones is 1. The normalized spacial score (nSPS) is 15.1. The Morgan fingerprint density at radius 3 is 2.71 bits per heavy atom. The van der Waals surface area contributed by atoms with Crippen LogP contribution in [0.1, 0.15) is 46.7 Å². The van der Waals surface area contributed by atoms with E-state index in [-0.39, 0.29) is 29.9 Å². The molecule has 28 heavy (non-hydrogen) atoms. The van der Waals surface area contributed by atoms with Crippen molar-refractivity contribution in [3.63, 3.8) is 0 Å². The van der Waals surface area contributed by atoms with Crippen LogP contribution in [-0.4, -0.2) is 41.8 Å². The number of hydrogen-bond acceptors (Lipinski definition) is 4. The van der Waals surface area contributed by atoms with Crippen LogP contribution in [0.15, 0.2) is 35.1 Å². The maximum atomic E-state index is 12.7. The first kappa shape index (κ1) is 20.1. The van der Waals surface area contributed by atoms with E-state index in [1.807, 2.05) is 13.8 Å². The van der Waals surface area contributed by atoms with Crippen LogP contribution in [-0.2, 0) is 6.42 Å². The summed E-state index contributed by atoms with van der Waals surface area (Å²) < 4.78 is 5.59. The number of carbonyl (C=O) groups excluding carboxylic acids is 2. The van der Waals surface area contributed by atoms with E-state index in [2.05, 4.69) is 4.98 Å². The Hall–Kier alpha value is -2.60. The second-order valence-electron chi connectivity index (χ2n) is 7.88. The number of likely N-dealkylation sites (N-methyl/N-ethyl adjacent to an activating group) is 1. The van der Waals surface area contributed by atoms with Crippen LogP contribution in [0.4, 0.5) is 0 Å². The van der Waals surface area contributed by atoms with Gasteiger partial charge in [-0.15, -0.1) is 0 Å². The number of halogens is 1. The van der Waals surface area contributed by atoms with Crippen LogP contribution in [0.2, 0.25) is 5.02 Å². The fourth-order valence-corrected chi connectivity index (χ4v) is 3.53. The molecule has 1 amide bonds. The Bertz CT molecular complexity index is 981. The topological polar surface area (TPSA) is 79.5 Å². The van der Waals surface area contributed by atoms with Crippen molar-refractivity contribution < 1.29 is 14.3 Å². The Kier molecular flexibility index (Phi) is 5.61. The van der Waals surface area contributed by atoms with Gasteiger partial charge in [0, 0.05) is 29.7 Å². The zero-order valence-electron chi connectivity index (χ0n) is 16.2. The fraction of sp³-hybridized carbons (Fsp3) is 0.381. The van der Waals surface area contributed by atoms with Crippen molar-refractivity contribution in [2.24, 2.45) is 5.41 Å². The molecule has 0 atom stereocenters. The molecule has 0 radical (unpaired) electrons. The highest BCUT2D eigenvalue weighted by Gasteiger charge is 2.33. The molecule has 3 rings (SSSR count). The summed E-state index contributed by atoms with van der Waals surface area (Å²) in [5.74, 6) is 0.105. The van der Waals surface area contributed by atoms with Crippen molar-refractivity contribution in [3.8, 4) is 5.75 Å². The predicted octanol–water partition coefficient (Wildman–Crippen LogP) is 3.33. The lowest BCUT2D eigenvalue weighted by molar-refractivity contribution is 0.0772. The number of hydrogen-bond donors (Lipinski definition) is 1. The second-order valence-corrected chi connectivity index (χ2v) is 8.31. The summed E-state index contributed by atoms with van der Waals surface area (Å²) in [7, 11) is 1.59. The highest BCUT2D eigenvalue weighted by atomic mass is 35.5. The van der Waals surface area contributed by atoms with Gasteiger partial charge in [0.25, 0.3) is 11.5 Å². The summed E-state index contributed by atoms with van der Waals surface area (Å²) >= 11 is 5.91. The molecule has 0 unspecified atom stereocenters. The molecule has 0 saturated carbocycles. The van der Waals surface area contributed by atoms with Crippen molar-refractivity contribution in [2.75, 3.05) is 20.2 Å². The van der Waals surface area contributed by atoms with Gasteiger partial charge in [-0.1, -0.05) is 31.5 Å². The van der Waals surface area contributed by atoms with Gasteiger partial charge >= 0.3 is 0 Å². The molecule has 0 fully saturated rings. The van der Waals surface area contributed by atoms with Gasteiger partial charge in [-0.05, 0) is 36.1 Å². The van der Waals surface area contributed by atoms with Crippen LogP contribution in [0, 0.1) is 5.41 Å². The molecular formula is C21H23ClN2O4. The minimum Gasteiger partial charge on any atom is -0.492 e. The van der Waals surface area contributed by atoms with Crippen LogP contribution in [0.25, 0.3) is 0 Å². The summed E-state index contributed by atoms with van der Waals surface area (Å²) in [6.45, 7) is 4.50.